The fourth-order valence-electron chi connectivity index (χ4n) is 1.28. The van der Waals surface area contributed by atoms with Crippen LogP contribution < -0.4 is 15.8 Å². The predicted octanol–water partition coefficient (Wildman–Crippen LogP) is 1.25. The number of aromatic nitrogens is 1. The molecule has 1 heterocycles. The number of hydrogen-bond donors (Lipinski definition) is 3. The molecule has 1 aromatic rings. The zero-order chi connectivity index (χ0) is 12.0. The number of aliphatic hydroxyl groups excluding tert-OH is 1. The number of hydrogen-bond acceptors (Lipinski definition) is 5. The van der Waals surface area contributed by atoms with Crippen LogP contribution >= 0.6 is 0 Å². The molecule has 0 aliphatic heterocycles. The Morgan fingerprint density at radius 1 is 1.56 bits per heavy atom. The van der Waals surface area contributed by atoms with Crippen LogP contribution in [0, 0.1) is 0 Å². The van der Waals surface area contributed by atoms with Gasteiger partial charge in [-0.05, 0) is 25.0 Å². The third kappa shape index (κ3) is 3.58. The van der Waals surface area contributed by atoms with Crippen LogP contribution in [0.5, 0.6) is 5.88 Å². The molecule has 5 heteroatoms. The van der Waals surface area contributed by atoms with Gasteiger partial charge in [0.1, 0.15) is 5.82 Å². The number of ether oxygens (including phenoxy) is 1. The van der Waals surface area contributed by atoms with E-state index in [0.29, 0.717) is 30.4 Å². The molecule has 4 N–H and O–H groups in total. The molecule has 1 atom stereocenters. The Balaban J connectivity index is 2.48. The van der Waals surface area contributed by atoms with E-state index in [2.05, 4.69) is 10.3 Å². The first-order valence-corrected chi connectivity index (χ1v) is 5.39. The summed E-state index contributed by atoms with van der Waals surface area (Å²) in [4.78, 5) is 4.17. The van der Waals surface area contributed by atoms with Crippen LogP contribution in [0.15, 0.2) is 12.1 Å². The summed E-state index contributed by atoms with van der Waals surface area (Å²) in [6, 6.07) is 3.53. The Hall–Kier alpha value is -1.49. The molecule has 0 aliphatic carbocycles. The zero-order valence-corrected chi connectivity index (χ0v) is 9.73. The van der Waals surface area contributed by atoms with Crippen molar-refractivity contribution >= 4 is 11.5 Å². The van der Waals surface area contributed by atoms with Gasteiger partial charge >= 0.3 is 0 Å². The first-order valence-electron chi connectivity index (χ1n) is 5.39. The van der Waals surface area contributed by atoms with Crippen LogP contribution in [0.3, 0.4) is 0 Å². The summed E-state index contributed by atoms with van der Waals surface area (Å²) in [6.45, 7) is 2.63. The fourth-order valence-corrected chi connectivity index (χ4v) is 1.28. The summed E-state index contributed by atoms with van der Waals surface area (Å²) in [6.07, 6.45) is 1.20. The highest BCUT2D eigenvalue weighted by Crippen LogP contribution is 2.19. The summed E-state index contributed by atoms with van der Waals surface area (Å²) < 4.78 is 5.01. The van der Waals surface area contributed by atoms with E-state index in [-0.39, 0.29) is 6.10 Å². The van der Waals surface area contributed by atoms with Gasteiger partial charge in [0.15, 0.2) is 0 Å². The summed E-state index contributed by atoms with van der Waals surface area (Å²) in [7, 11) is 1.53. The first-order chi connectivity index (χ1) is 7.67. The molecule has 1 aromatic heterocycles. The minimum Gasteiger partial charge on any atom is -0.479 e. The lowest BCUT2D eigenvalue weighted by Crippen LogP contribution is -2.13. The molecule has 0 saturated carbocycles. The molecule has 0 radical (unpaired) electrons. The van der Waals surface area contributed by atoms with Crippen LogP contribution in [0.25, 0.3) is 0 Å². The number of anilines is 2. The Morgan fingerprint density at radius 3 is 2.94 bits per heavy atom. The molecular formula is C11H19N3O2. The van der Waals surface area contributed by atoms with Crippen molar-refractivity contribution in [1.82, 2.24) is 4.98 Å². The molecule has 0 spiro atoms. The maximum absolute atomic E-state index is 9.38. The molecule has 16 heavy (non-hydrogen) atoms. The van der Waals surface area contributed by atoms with Crippen LogP contribution in [-0.4, -0.2) is 29.8 Å². The lowest BCUT2D eigenvalue weighted by molar-refractivity contribution is 0.164. The number of nitrogen functional groups attached to an aromatic ring is 1. The van der Waals surface area contributed by atoms with E-state index in [1.807, 2.05) is 6.92 Å². The molecule has 0 amide bonds. The third-order valence-electron chi connectivity index (χ3n) is 2.34. The molecule has 1 rings (SSSR count). The molecule has 0 aliphatic rings. The number of nitrogens with zero attached hydrogens (tertiary/aromatic N) is 1. The average molecular weight is 225 g/mol. The number of methoxy groups -OCH3 is 1. The van der Waals surface area contributed by atoms with Crippen LogP contribution in [0.1, 0.15) is 19.8 Å². The van der Waals surface area contributed by atoms with E-state index in [1.165, 1.54) is 7.11 Å². The molecule has 90 valence electrons. The van der Waals surface area contributed by atoms with Crippen molar-refractivity contribution in [2.24, 2.45) is 0 Å². The van der Waals surface area contributed by atoms with E-state index in [4.69, 9.17) is 10.5 Å². The summed E-state index contributed by atoms with van der Waals surface area (Å²) in [5.41, 5.74) is 6.16. The second kappa shape index (κ2) is 6.17. The number of aliphatic hydroxyl groups is 1. The van der Waals surface area contributed by atoms with Gasteiger partial charge in [-0.2, -0.15) is 4.98 Å². The van der Waals surface area contributed by atoms with Crippen molar-refractivity contribution < 1.29 is 9.84 Å². The van der Waals surface area contributed by atoms with Crippen molar-refractivity contribution in [2.45, 2.75) is 25.9 Å². The first kappa shape index (κ1) is 12.6. The molecule has 0 saturated heterocycles. The van der Waals surface area contributed by atoms with Gasteiger partial charge < -0.3 is 20.9 Å². The second-order valence-corrected chi connectivity index (χ2v) is 3.57. The number of pyridine rings is 1. The minimum absolute atomic E-state index is 0.261. The quantitative estimate of drug-likeness (QED) is 0.679. The van der Waals surface area contributed by atoms with E-state index < -0.39 is 0 Å². The molecule has 0 fully saturated rings. The maximum Gasteiger partial charge on any atom is 0.238 e. The molecule has 0 bridgehead atoms. The lowest BCUT2D eigenvalue weighted by Gasteiger charge is -2.10. The SMILES string of the molecule is CCC(O)CCNc1ccc(N)c(OC)n1. The zero-order valence-electron chi connectivity index (χ0n) is 9.73. The van der Waals surface area contributed by atoms with Crippen LogP contribution in [-0.2, 0) is 0 Å². The molecule has 1 unspecified atom stereocenters. The standard InChI is InChI=1S/C11H19N3O2/c1-3-8(15)6-7-13-10-5-4-9(12)11(14-10)16-2/h4-5,8,15H,3,6-7,12H2,1-2H3,(H,13,14). The smallest absolute Gasteiger partial charge is 0.238 e. The Bertz CT molecular complexity index is 331. The molecule has 0 aromatic carbocycles. The minimum atomic E-state index is -0.261. The summed E-state index contributed by atoms with van der Waals surface area (Å²) >= 11 is 0. The average Bonchev–Trinajstić information content (AvgIpc) is 2.31. The number of rotatable bonds is 6. The van der Waals surface area contributed by atoms with Crippen LogP contribution in [0.2, 0.25) is 0 Å². The Kier molecular flexibility index (Phi) is 4.85. The van der Waals surface area contributed by atoms with Crippen molar-refractivity contribution in [3.8, 4) is 5.88 Å². The van der Waals surface area contributed by atoms with Gasteiger partial charge in [-0.25, -0.2) is 0 Å². The number of nitrogens with two attached hydrogens (primary N) is 1. The maximum atomic E-state index is 9.38. The van der Waals surface area contributed by atoms with Gasteiger partial charge in [-0.3, -0.25) is 0 Å². The van der Waals surface area contributed by atoms with Gasteiger partial charge in [0, 0.05) is 6.54 Å². The third-order valence-corrected chi connectivity index (χ3v) is 2.34. The van der Waals surface area contributed by atoms with Crippen molar-refractivity contribution in [3.05, 3.63) is 12.1 Å². The van der Waals surface area contributed by atoms with E-state index in [0.717, 1.165) is 6.42 Å². The van der Waals surface area contributed by atoms with Gasteiger partial charge in [-0.1, -0.05) is 6.92 Å². The highest BCUT2D eigenvalue weighted by Gasteiger charge is 2.03. The topological polar surface area (TPSA) is 80.4 Å². The Morgan fingerprint density at radius 2 is 2.31 bits per heavy atom. The summed E-state index contributed by atoms with van der Waals surface area (Å²) in [5, 5.41) is 12.5. The highest BCUT2D eigenvalue weighted by atomic mass is 16.5. The van der Waals surface area contributed by atoms with Gasteiger partial charge in [0.05, 0.1) is 18.9 Å². The lowest BCUT2D eigenvalue weighted by atomic mass is 10.2. The normalized spacial score (nSPS) is 12.2. The van der Waals surface area contributed by atoms with Crippen molar-refractivity contribution in [3.63, 3.8) is 0 Å². The summed E-state index contributed by atoms with van der Waals surface area (Å²) in [5.74, 6) is 1.12. The molecule has 5 nitrogen and oxygen atoms in total. The van der Waals surface area contributed by atoms with Gasteiger partial charge in [0.2, 0.25) is 5.88 Å². The van der Waals surface area contributed by atoms with E-state index >= 15 is 0 Å². The van der Waals surface area contributed by atoms with Gasteiger partial charge in [-0.15, -0.1) is 0 Å². The fraction of sp³-hybridized carbons (Fsp3) is 0.545. The molecular weight excluding hydrogens is 206 g/mol. The van der Waals surface area contributed by atoms with Crippen molar-refractivity contribution in [2.75, 3.05) is 24.7 Å². The van der Waals surface area contributed by atoms with Crippen LogP contribution in [0.4, 0.5) is 11.5 Å². The second-order valence-electron chi connectivity index (χ2n) is 3.57. The van der Waals surface area contributed by atoms with E-state index in [9.17, 15) is 5.11 Å². The largest absolute Gasteiger partial charge is 0.479 e. The Labute approximate surface area is 95.6 Å². The highest BCUT2D eigenvalue weighted by molar-refractivity contribution is 5.53. The predicted molar refractivity (Wildman–Crippen MR) is 64.6 cm³/mol. The van der Waals surface area contributed by atoms with Gasteiger partial charge in [0.25, 0.3) is 0 Å². The van der Waals surface area contributed by atoms with Crippen molar-refractivity contribution in [1.29, 1.82) is 0 Å². The number of nitrogens with one attached hydrogen (secondary N) is 1. The van der Waals surface area contributed by atoms with E-state index in [1.54, 1.807) is 12.1 Å². The monoisotopic (exact) mass is 225 g/mol.